The van der Waals surface area contributed by atoms with Crippen LogP contribution < -0.4 is 0 Å². The van der Waals surface area contributed by atoms with E-state index in [1.165, 1.54) is 6.07 Å². The molecule has 3 atom stereocenters. The van der Waals surface area contributed by atoms with Gasteiger partial charge in [0.1, 0.15) is 11.4 Å². The Bertz CT molecular complexity index is 897. The molecule has 1 heterocycles. The van der Waals surface area contributed by atoms with Gasteiger partial charge in [-0.25, -0.2) is 0 Å². The van der Waals surface area contributed by atoms with Crippen LogP contribution in [0.25, 0.3) is 0 Å². The molecule has 1 fully saturated rings. The smallest absolute Gasteiger partial charge is 0.312 e. The fourth-order valence-electron chi connectivity index (χ4n) is 4.53. The van der Waals surface area contributed by atoms with Crippen molar-refractivity contribution in [3.05, 3.63) is 40.5 Å². The van der Waals surface area contributed by atoms with Gasteiger partial charge in [-0.1, -0.05) is 34.7 Å². The summed E-state index contributed by atoms with van der Waals surface area (Å²) >= 11 is 2.21. The predicted octanol–water partition coefficient (Wildman–Crippen LogP) is 3.23. The van der Waals surface area contributed by atoms with Crippen molar-refractivity contribution in [2.75, 3.05) is 0 Å². The lowest BCUT2D eigenvalue weighted by atomic mass is 9.60. The number of carbonyl (C=O) groups is 3. The number of benzene rings is 1. The number of hydrogen-bond acceptors (Lipinski definition) is 5. The second-order valence-electron chi connectivity index (χ2n) is 7.65. The van der Waals surface area contributed by atoms with Crippen LogP contribution >= 0.6 is 22.6 Å². The molecule has 1 aliphatic heterocycles. The topological polar surface area (TPSA) is 80.7 Å². The molecule has 0 unspecified atom stereocenters. The van der Waals surface area contributed by atoms with E-state index in [1.807, 2.05) is 6.92 Å². The summed E-state index contributed by atoms with van der Waals surface area (Å²) in [7, 11) is 0. The van der Waals surface area contributed by atoms with Gasteiger partial charge in [0.05, 0.1) is 14.9 Å². The normalized spacial score (nSPS) is 32.9. The zero-order chi connectivity index (χ0) is 18.3. The lowest BCUT2D eigenvalue weighted by Gasteiger charge is -2.44. The fourth-order valence-corrected chi connectivity index (χ4v) is 5.46. The number of ether oxygens (including phenoxy) is 1. The van der Waals surface area contributed by atoms with Gasteiger partial charge in [0.2, 0.25) is 0 Å². The summed E-state index contributed by atoms with van der Waals surface area (Å²) in [6.07, 6.45) is 0.367. The monoisotopic (exact) mass is 452 g/mol. The molecule has 2 aliphatic carbocycles. The average molecular weight is 452 g/mol. The molecule has 1 N–H and O–H groups in total. The van der Waals surface area contributed by atoms with Crippen molar-refractivity contribution in [3.63, 3.8) is 0 Å². The van der Waals surface area contributed by atoms with Crippen LogP contribution in [-0.2, 0) is 9.53 Å². The maximum Gasteiger partial charge on any atom is 0.312 e. The van der Waals surface area contributed by atoms with E-state index in [1.54, 1.807) is 26.0 Å². The Morgan fingerprint density at radius 2 is 1.84 bits per heavy atom. The van der Waals surface area contributed by atoms with E-state index >= 15 is 0 Å². The Labute approximate surface area is 158 Å². The number of alkyl halides is 1. The first-order chi connectivity index (χ1) is 11.6. The van der Waals surface area contributed by atoms with Crippen molar-refractivity contribution in [2.45, 2.75) is 36.7 Å². The van der Waals surface area contributed by atoms with Crippen molar-refractivity contribution < 1.29 is 24.2 Å². The summed E-state index contributed by atoms with van der Waals surface area (Å²) in [4.78, 5) is 38.8. The fraction of sp³-hybridized carbons (Fsp3) is 0.421. The van der Waals surface area contributed by atoms with Gasteiger partial charge in [-0.2, -0.15) is 0 Å². The summed E-state index contributed by atoms with van der Waals surface area (Å²) in [6.45, 7) is 5.34. The average Bonchev–Trinajstić information content (AvgIpc) is 2.72. The number of ketones is 2. The van der Waals surface area contributed by atoms with Crippen molar-refractivity contribution in [1.82, 2.24) is 0 Å². The number of rotatable bonds is 0. The Kier molecular flexibility index (Phi) is 3.30. The second-order valence-corrected chi connectivity index (χ2v) is 9.15. The van der Waals surface area contributed by atoms with Gasteiger partial charge in [0.25, 0.3) is 0 Å². The molecule has 3 aliphatic rings. The molecule has 1 saturated heterocycles. The molecular weight excluding hydrogens is 435 g/mol. The van der Waals surface area contributed by atoms with Crippen molar-refractivity contribution in [2.24, 2.45) is 11.3 Å². The number of esters is 1. The van der Waals surface area contributed by atoms with Crippen LogP contribution in [0.5, 0.6) is 5.75 Å². The van der Waals surface area contributed by atoms with E-state index in [2.05, 4.69) is 22.6 Å². The Morgan fingerprint density at radius 3 is 2.52 bits per heavy atom. The van der Waals surface area contributed by atoms with Gasteiger partial charge in [-0.15, -0.1) is 0 Å². The number of carbonyl (C=O) groups excluding carboxylic acids is 3. The molecule has 0 saturated carbocycles. The summed E-state index contributed by atoms with van der Waals surface area (Å²) < 4.78 is 5.61. The van der Waals surface area contributed by atoms with Gasteiger partial charge in [-0.05, 0) is 33.3 Å². The third-order valence-corrected chi connectivity index (χ3v) is 7.46. The minimum Gasteiger partial charge on any atom is -0.507 e. The van der Waals surface area contributed by atoms with Crippen LogP contribution in [0.1, 0.15) is 47.9 Å². The highest BCUT2D eigenvalue weighted by atomic mass is 127. The Morgan fingerprint density at radius 1 is 1.16 bits per heavy atom. The predicted molar refractivity (Wildman–Crippen MR) is 98.0 cm³/mol. The number of fused-ring (bicyclic) bond motifs is 3. The zero-order valence-electron chi connectivity index (χ0n) is 14.1. The van der Waals surface area contributed by atoms with Gasteiger partial charge in [-0.3, -0.25) is 14.4 Å². The molecule has 25 heavy (non-hydrogen) atoms. The Balaban J connectivity index is 2.02. The first kappa shape index (κ1) is 16.8. The summed E-state index contributed by atoms with van der Waals surface area (Å²) in [5.74, 6) is -1.70. The lowest BCUT2D eigenvalue weighted by molar-refractivity contribution is -0.152. The standard InChI is InChI=1S/C19H17IO5/c1-18(2)16-13-9(7-11(20)19(16,3)25-17(18)24)14(22)8-5-4-6-10(21)12(8)15(13)23/h4-6,11,16,21H,7H2,1-3H3/t11-,16+,19+/m0/s1. The van der Waals surface area contributed by atoms with Crippen LogP contribution in [0.15, 0.2) is 29.3 Å². The SMILES string of the molecule is CC1(C)C(=O)O[C@@]2(C)[C@@H]1C1=C(C[C@@H]2I)C(=O)c2cccc(O)c2C1=O. The first-order valence-corrected chi connectivity index (χ1v) is 9.37. The van der Waals surface area contributed by atoms with E-state index in [4.69, 9.17) is 4.74 Å². The Hall–Kier alpha value is -1.70. The molecule has 0 aromatic heterocycles. The van der Waals surface area contributed by atoms with Crippen LogP contribution in [0.3, 0.4) is 0 Å². The third-order valence-electron chi connectivity index (χ3n) is 5.79. The quantitative estimate of drug-likeness (QED) is 0.372. The molecule has 130 valence electrons. The van der Waals surface area contributed by atoms with Crippen LogP contribution in [0, 0.1) is 11.3 Å². The lowest BCUT2D eigenvalue weighted by Crippen LogP contribution is -2.51. The van der Waals surface area contributed by atoms with E-state index in [9.17, 15) is 19.5 Å². The number of phenols is 1. The highest BCUT2D eigenvalue weighted by Gasteiger charge is 2.66. The van der Waals surface area contributed by atoms with Crippen LogP contribution in [-0.4, -0.2) is 32.2 Å². The minimum atomic E-state index is -0.920. The molecule has 0 radical (unpaired) electrons. The number of hydrogen-bond donors (Lipinski definition) is 1. The van der Waals surface area contributed by atoms with Crippen LogP contribution in [0.4, 0.5) is 0 Å². The molecular formula is C19H17IO5. The zero-order valence-corrected chi connectivity index (χ0v) is 16.2. The summed E-state index contributed by atoms with van der Waals surface area (Å²) in [6, 6.07) is 4.53. The van der Waals surface area contributed by atoms with Crippen molar-refractivity contribution in [3.8, 4) is 5.75 Å². The molecule has 0 spiro atoms. The third kappa shape index (κ3) is 1.91. The van der Waals surface area contributed by atoms with E-state index in [0.717, 1.165) is 0 Å². The highest BCUT2D eigenvalue weighted by molar-refractivity contribution is 14.1. The van der Waals surface area contributed by atoms with Gasteiger partial charge >= 0.3 is 5.97 Å². The largest absolute Gasteiger partial charge is 0.507 e. The van der Waals surface area contributed by atoms with Crippen LogP contribution in [0.2, 0.25) is 0 Å². The minimum absolute atomic E-state index is 0.0376. The molecule has 6 heteroatoms. The van der Waals surface area contributed by atoms with Gasteiger partial charge < -0.3 is 9.84 Å². The number of aromatic hydroxyl groups is 1. The summed E-state index contributed by atoms with van der Waals surface area (Å²) in [5.41, 5.74) is -0.703. The number of Topliss-reactive ketones (excluding diaryl/α,β-unsaturated/α-hetero) is 2. The molecule has 5 nitrogen and oxygen atoms in total. The number of halogens is 1. The molecule has 1 aromatic carbocycles. The first-order valence-electron chi connectivity index (χ1n) is 8.12. The number of allylic oxidation sites excluding steroid dienone is 1. The van der Waals surface area contributed by atoms with Gasteiger partial charge in [0.15, 0.2) is 11.6 Å². The molecule has 1 aromatic rings. The summed E-state index contributed by atoms with van der Waals surface area (Å²) in [5, 5.41) is 10.2. The maximum absolute atomic E-state index is 13.3. The van der Waals surface area contributed by atoms with E-state index < -0.39 is 16.9 Å². The molecule has 4 rings (SSSR count). The van der Waals surface area contributed by atoms with Gasteiger partial charge in [0, 0.05) is 22.6 Å². The molecule has 0 bridgehead atoms. The van der Waals surface area contributed by atoms with Crippen molar-refractivity contribution in [1.29, 1.82) is 0 Å². The second kappa shape index (κ2) is 4.93. The number of phenolic OH excluding ortho intramolecular Hbond substituents is 1. The van der Waals surface area contributed by atoms with Crippen molar-refractivity contribution >= 4 is 40.1 Å². The van der Waals surface area contributed by atoms with E-state index in [-0.39, 0.29) is 38.3 Å². The maximum atomic E-state index is 13.3. The highest BCUT2D eigenvalue weighted by Crippen LogP contribution is 2.58. The van der Waals surface area contributed by atoms with E-state index in [0.29, 0.717) is 17.6 Å². The molecule has 0 amide bonds.